The Kier molecular flexibility index (Phi) is 5.26. The molecule has 109 valence electrons. The topological polar surface area (TPSA) is 30.8 Å². The minimum Gasteiger partial charge on any atom is -0.497 e. The fourth-order valence-electron chi connectivity index (χ4n) is 1.73. The molecule has 0 unspecified atom stereocenters. The Balaban J connectivity index is 1.93. The molecule has 0 aliphatic heterocycles. The van der Waals surface area contributed by atoms with Gasteiger partial charge in [0.2, 0.25) is 0 Å². The second kappa shape index (κ2) is 7.38. The normalized spacial score (nSPS) is 11.0. The van der Waals surface area contributed by atoms with Gasteiger partial charge in [0.1, 0.15) is 18.6 Å². The van der Waals surface area contributed by atoms with Crippen LogP contribution in [0.4, 0.5) is 8.78 Å². The highest BCUT2D eigenvalue weighted by molar-refractivity contribution is 5.79. The van der Waals surface area contributed by atoms with Gasteiger partial charge in [0, 0.05) is 16.7 Å². The third kappa shape index (κ3) is 4.27. The molecule has 2 rings (SSSR count). The second-order valence-corrected chi connectivity index (χ2v) is 4.20. The monoisotopic (exact) mass is 290 g/mol. The lowest BCUT2D eigenvalue weighted by molar-refractivity contribution is 0.120. The molecule has 5 heteroatoms. The van der Waals surface area contributed by atoms with Crippen LogP contribution in [0, 0.1) is 0 Å². The first-order chi connectivity index (χ1) is 10.2. The number of benzene rings is 2. The lowest BCUT2D eigenvalue weighted by Crippen LogP contribution is -1.96. The molecule has 0 aliphatic carbocycles. The Bertz CT molecular complexity index is 597. The number of nitrogens with zero attached hydrogens (tertiary/aromatic N) is 1. The number of methoxy groups -OCH3 is 1. The van der Waals surface area contributed by atoms with Crippen LogP contribution in [0.15, 0.2) is 53.7 Å². The molecule has 0 fully saturated rings. The Morgan fingerprint density at radius 1 is 1.10 bits per heavy atom. The molecule has 0 bridgehead atoms. The molecule has 3 nitrogen and oxygen atoms in total. The average molecular weight is 290 g/mol. The Hall–Kier alpha value is -2.43. The van der Waals surface area contributed by atoms with Gasteiger partial charge in [0.25, 0.3) is 6.43 Å². The summed E-state index contributed by atoms with van der Waals surface area (Å²) in [6.45, 7) is -0.0241. The van der Waals surface area contributed by atoms with E-state index in [2.05, 4.69) is 11.4 Å². The molecule has 21 heavy (non-hydrogen) atoms. The fraction of sp³-hybridized carbons (Fsp3) is 0.188. The molecular weight excluding hydrogens is 276 g/mol. The third-order valence-electron chi connectivity index (χ3n) is 2.84. The minimum atomic E-state index is -2.53. The van der Waals surface area contributed by atoms with E-state index in [4.69, 9.17) is 9.57 Å². The van der Waals surface area contributed by atoms with Crippen LogP contribution in [-0.4, -0.2) is 13.3 Å². The van der Waals surface area contributed by atoms with Crippen LogP contribution in [0.1, 0.15) is 23.1 Å². The zero-order valence-electron chi connectivity index (χ0n) is 11.4. The summed E-state index contributed by atoms with van der Waals surface area (Å²) in [7, 11) is 1.58. The highest BCUT2D eigenvalue weighted by Crippen LogP contribution is 2.23. The van der Waals surface area contributed by atoms with Crippen molar-refractivity contribution < 1.29 is 18.4 Å². The molecule has 0 heterocycles. The van der Waals surface area contributed by atoms with E-state index in [0.29, 0.717) is 11.1 Å². The summed E-state index contributed by atoms with van der Waals surface area (Å²) in [5.74, 6) is 0.729. The molecule has 2 aromatic rings. The van der Waals surface area contributed by atoms with Gasteiger partial charge in [-0.1, -0.05) is 29.4 Å². The van der Waals surface area contributed by atoms with E-state index in [1.54, 1.807) is 49.6 Å². The van der Waals surface area contributed by atoms with Crippen molar-refractivity contribution in [1.29, 1.82) is 0 Å². The van der Waals surface area contributed by atoms with Gasteiger partial charge in [-0.15, -0.1) is 0 Å². The largest absolute Gasteiger partial charge is 0.497 e. The smallest absolute Gasteiger partial charge is 0.264 e. The van der Waals surface area contributed by atoms with Crippen molar-refractivity contribution in [3.8, 4) is 5.75 Å². The van der Waals surface area contributed by atoms with Gasteiger partial charge in [-0.3, -0.25) is 0 Å². The lowest BCUT2D eigenvalue weighted by atomic mass is 10.1. The first kappa shape index (κ1) is 15.0. The van der Waals surface area contributed by atoms with Gasteiger partial charge in [-0.25, -0.2) is 8.78 Å². The fourth-order valence-corrected chi connectivity index (χ4v) is 1.73. The molecule has 0 aliphatic rings. The summed E-state index contributed by atoms with van der Waals surface area (Å²) in [6, 6.07) is 13.3. The zero-order chi connectivity index (χ0) is 15.1. The van der Waals surface area contributed by atoms with Crippen LogP contribution in [0.5, 0.6) is 5.75 Å². The maximum Gasteiger partial charge on any atom is 0.264 e. The SMILES string of the molecule is COc1ccc(/[C]=N\OCc2ccccc2C(F)F)cc1. The van der Waals surface area contributed by atoms with E-state index in [0.717, 1.165) is 5.75 Å². The first-order valence-corrected chi connectivity index (χ1v) is 6.28. The van der Waals surface area contributed by atoms with Crippen molar-refractivity contribution in [3.05, 3.63) is 65.2 Å². The van der Waals surface area contributed by atoms with Crippen LogP contribution in [-0.2, 0) is 11.4 Å². The van der Waals surface area contributed by atoms with Gasteiger partial charge in [0.05, 0.1) is 7.11 Å². The van der Waals surface area contributed by atoms with E-state index >= 15 is 0 Å². The maximum absolute atomic E-state index is 12.8. The van der Waals surface area contributed by atoms with E-state index in [1.807, 2.05) is 0 Å². The van der Waals surface area contributed by atoms with Crippen molar-refractivity contribution >= 4 is 6.21 Å². The van der Waals surface area contributed by atoms with Crippen LogP contribution in [0.3, 0.4) is 0 Å². The third-order valence-corrected chi connectivity index (χ3v) is 2.84. The summed E-state index contributed by atoms with van der Waals surface area (Å²) >= 11 is 0. The number of alkyl halides is 2. The van der Waals surface area contributed by atoms with Crippen molar-refractivity contribution in [2.45, 2.75) is 13.0 Å². The van der Waals surface area contributed by atoms with Crippen molar-refractivity contribution in [1.82, 2.24) is 0 Å². The predicted octanol–water partition coefficient (Wildman–Crippen LogP) is 4.06. The highest BCUT2D eigenvalue weighted by Gasteiger charge is 2.11. The predicted molar refractivity (Wildman–Crippen MR) is 75.7 cm³/mol. The molecule has 0 amide bonds. The molecule has 1 radical (unpaired) electrons. The quantitative estimate of drug-likeness (QED) is 0.593. The number of hydrogen-bond donors (Lipinski definition) is 0. The standard InChI is InChI=1S/C16H14F2NO2/c1-20-14-8-6-12(7-9-14)10-19-21-11-13-4-2-3-5-15(13)16(17)18/h2-9,16H,11H2,1H3. The van der Waals surface area contributed by atoms with Gasteiger partial charge in [-0.05, 0) is 24.3 Å². The molecular formula is C16H14F2NO2. The second-order valence-electron chi connectivity index (χ2n) is 4.20. The van der Waals surface area contributed by atoms with Gasteiger partial charge in [-0.2, -0.15) is 0 Å². The van der Waals surface area contributed by atoms with E-state index < -0.39 is 6.43 Å². The summed E-state index contributed by atoms with van der Waals surface area (Å²) in [5.41, 5.74) is 1.07. The Morgan fingerprint density at radius 3 is 2.48 bits per heavy atom. The van der Waals surface area contributed by atoms with Crippen LogP contribution >= 0.6 is 0 Å². The van der Waals surface area contributed by atoms with E-state index in [1.165, 1.54) is 6.07 Å². The van der Waals surface area contributed by atoms with Crippen molar-refractivity contribution in [2.24, 2.45) is 5.16 Å². The van der Waals surface area contributed by atoms with Gasteiger partial charge in [0.15, 0.2) is 0 Å². The summed E-state index contributed by atoms with van der Waals surface area (Å²) < 4.78 is 30.5. The summed E-state index contributed by atoms with van der Waals surface area (Å²) in [5, 5.41) is 3.66. The lowest BCUT2D eigenvalue weighted by Gasteiger charge is -2.06. The number of halogens is 2. The Morgan fingerprint density at radius 2 is 1.81 bits per heavy atom. The molecule has 0 N–H and O–H groups in total. The molecule has 2 aromatic carbocycles. The van der Waals surface area contributed by atoms with E-state index in [-0.39, 0.29) is 12.2 Å². The van der Waals surface area contributed by atoms with Gasteiger partial charge >= 0.3 is 0 Å². The molecule has 0 spiro atoms. The van der Waals surface area contributed by atoms with Crippen LogP contribution < -0.4 is 4.74 Å². The van der Waals surface area contributed by atoms with Crippen LogP contribution in [0.25, 0.3) is 0 Å². The highest BCUT2D eigenvalue weighted by atomic mass is 19.3. The van der Waals surface area contributed by atoms with Gasteiger partial charge < -0.3 is 9.57 Å². The summed E-state index contributed by atoms with van der Waals surface area (Å²) in [4.78, 5) is 5.02. The maximum atomic E-state index is 12.8. The van der Waals surface area contributed by atoms with Crippen LogP contribution in [0.2, 0.25) is 0 Å². The number of ether oxygens (including phenoxy) is 1. The van der Waals surface area contributed by atoms with E-state index in [9.17, 15) is 8.78 Å². The number of rotatable bonds is 6. The zero-order valence-corrected chi connectivity index (χ0v) is 11.4. The minimum absolute atomic E-state index is 0.0241. The molecule has 0 aromatic heterocycles. The summed E-state index contributed by atoms with van der Waals surface area (Å²) in [6.07, 6.45) is 0.146. The Labute approximate surface area is 121 Å². The molecule has 0 saturated heterocycles. The van der Waals surface area contributed by atoms with Crippen molar-refractivity contribution in [2.75, 3.05) is 7.11 Å². The van der Waals surface area contributed by atoms with Crippen molar-refractivity contribution in [3.63, 3.8) is 0 Å². The first-order valence-electron chi connectivity index (χ1n) is 6.28. The molecule has 0 saturated carbocycles. The number of hydrogen-bond acceptors (Lipinski definition) is 3. The average Bonchev–Trinajstić information content (AvgIpc) is 2.52. The molecule has 0 atom stereocenters.